The fourth-order valence-electron chi connectivity index (χ4n) is 3.09. The van der Waals surface area contributed by atoms with E-state index >= 15 is 0 Å². The summed E-state index contributed by atoms with van der Waals surface area (Å²) < 4.78 is 15.6. The summed E-state index contributed by atoms with van der Waals surface area (Å²) in [6.07, 6.45) is 17.5. The van der Waals surface area contributed by atoms with Crippen LogP contribution in [0.4, 0.5) is 0 Å². The van der Waals surface area contributed by atoms with Crippen molar-refractivity contribution in [1.29, 1.82) is 0 Å². The van der Waals surface area contributed by atoms with Gasteiger partial charge in [0.15, 0.2) is 0 Å². The number of hydrogen-bond donors (Lipinski definition) is 2. The summed E-state index contributed by atoms with van der Waals surface area (Å²) >= 11 is 0. The molecule has 0 aliphatic heterocycles. The lowest BCUT2D eigenvalue weighted by atomic mass is 10.0. The number of unbranched alkanes of at least 4 members (excludes halogenated alkanes) is 12. The van der Waals surface area contributed by atoms with E-state index in [4.69, 9.17) is 14.6 Å². The summed E-state index contributed by atoms with van der Waals surface area (Å²) in [4.78, 5) is 21.5. The maximum atomic E-state index is 11.3. The van der Waals surface area contributed by atoms with Crippen LogP contribution in [0.25, 0.3) is 0 Å². The molecule has 2 N–H and O–H groups in total. The highest BCUT2D eigenvalue weighted by molar-refractivity contribution is 5.77. The van der Waals surface area contributed by atoms with E-state index in [2.05, 4.69) is 17.0 Å². The molecule has 0 aromatic carbocycles. The van der Waals surface area contributed by atoms with Crippen molar-refractivity contribution in [2.24, 2.45) is 0 Å². The number of hydrogen-bond acceptors (Lipinski definition) is 5. The van der Waals surface area contributed by atoms with Gasteiger partial charge in [-0.05, 0) is 6.42 Å². The van der Waals surface area contributed by atoms with Crippen molar-refractivity contribution in [2.45, 2.75) is 90.4 Å². The third-order valence-corrected chi connectivity index (χ3v) is 4.79. The van der Waals surface area contributed by atoms with Crippen molar-refractivity contribution in [3.63, 3.8) is 0 Å². The van der Waals surface area contributed by atoms with Crippen LogP contribution in [-0.4, -0.2) is 63.2 Å². The van der Waals surface area contributed by atoms with Gasteiger partial charge in [0.25, 0.3) is 0 Å². The summed E-state index contributed by atoms with van der Waals surface area (Å²) in [6, 6.07) is 0. The van der Waals surface area contributed by atoms with E-state index in [-0.39, 0.29) is 12.5 Å². The zero-order chi connectivity index (χ0) is 22.1. The molecule has 0 aromatic heterocycles. The van der Waals surface area contributed by atoms with Crippen LogP contribution in [0.15, 0.2) is 0 Å². The lowest BCUT2D eigenvalue weighted by Gasteiger charge is -2.07. The molecule has 7 heteroatoms. The second kappa shape index (κ2) is 24.1. The van der Waals surface area contributed by atoms with E-state index < -0.39 is 12.6 Å². The Hall–Kier alpha value is -1.18. The quantitative estimate of drug-likeness (QED) is 0.221. The number of carboxylic acid groups (broad SMARTS) is 1. The number of ether oxygens (including phenoxy) is 3. The minimum Gasteiger partial charge on any atom is -0.480 e. The van der Waals surface area contributed by atoms with E-state index in [1.54, 1.807) is 0 Å². The van der Waals surface area contributed by atoms with Crippen LogP contribution < -0.4 is 5.32 Å². The SMILES string of the molecule is CCCCCCCCCCCCCCCOCCOCCNC(=O)COCC(=O)O. The van der Waals surface area contributed by atoms with Gasteiger partial charge in [-0.3, -0.25) is 4.79 Å². The Morgan fingerprint density at radius 3 is 1.67 bits per heavy atom. The first-order valence-corrected chi connectivity index (χ1v) is 11.9. The standard InChI is InChI=1S/C23H45NO6/c1-2-3-4-5-6-7-8-9-10-11-12-13-14-16-28-18-19-29-17-15-24-22(25)20-30-21-23(26)27/h2-21H2,1H3,(H,24,25)(H,26,27). The molecule has 0 heterocycles. The van der Waals surface area contributed by atoms with E-state index in [1.807, 2.05) is 0 Å². The van der Waals surface area contributed by atoms with Crippen molar-refractivity contribution in [1.82, 2.24) is 5.32 Å². The van der Waals surface area contributed by atoms with Crippen LogP contribution >= 0.6 is 0 Å². The van der Waals surface area contributed by atoms with Crippen LogP contribution in [0.5, 0.6) is 0 Å². The monoisotopic (exact) mass is 431 g/mol. The Morgan fingerprint density at radius 2 is 1.13 bits per heavy atom. The Bertz CT molecular complexity index is 392. The molecule has 1 amide bonds. The number of carbonyl (C=O) groups excluding carboxylic acids is 1. The zero-order valence-corrected chi connectivity index (χ0v) is 19.1. The molecule has 0 aliphatic carbocycles. The summed E-state index contributed by atoms with van der Waals surface area (Å²) in [5, 5.41) is 11.0. The molecule has 0 unspecified atom stereocenters. The molecule has 0 aliphatic rings. The fraction of sp³-hybridized carbons (Fsp3) is 0.913. The minimum atomic E-state index is -1.09. The molecular weight excluding hydrogens is 386 g/mol. The van der Waals surface area contributed by atoms with Gasteiger partial charge in [0.1, 0.15) is 13.2 Å². The van der Waals surface area contributed by atoms with Gasteiger partial charge in [0, 0.05) is 13.2 Å². The van der Waals surface area contributed by atoms with Gasteiger partial charge in [0.05, 0.1) is 19.8 Å². The molecule has 30 heavy (non-hydrogen) atoms. The predicted molar refractivity (Wildman–Crippen MR) is 119 cm³/mol. The van der Waals surface area contributed by atoms with Crippen molar-refractivity contribution in [2.75, 3.05) is 46.2 Å². The maximum absolute atomic E-state index is 11.3. The Kier molecular flexibility index (Phi) is 23.1. The first-order valence-electron chi connectivity index (χ1n) is 11.9. The lowest BCUT2D eigenvalue weighted by molar-refractivity contribution is -0.143. The molecule has 178 valence electrons. The van der Waals surface area contributed by atoms with E-state index in [9.17, 15) is 9.59 Å². The summed E-state index contributed by atoms with van der Waals surface area (Å²) in [6.45, 7) is 4.15. The highest BCUT2D eigenvalue weighted by atomic mass is 16.5. The second-order valence-corrected chi connectivity index (χ2v) is 7.70. The van der Waals surface area contributed by atoms with Crippen LogP contribution in [0.3, 0.4) is 0 Å². The van der Waals surface area contributed by atoms with Crippen molar-refractivity contribution in [3.8, 4) is 0 Å². The average Bonchev–Trinajstić information content (AvgIpc) is 2.72. The zero-order valence-electron chi connectivity index (χ0n) is 19.1. The smallest absolute Gasteiger partial charge is 0.329 e. The van der Waals surface area contributed by atoms with Gasteiger partial charge >= 0.3 is 5.97 Å². The Labute approximate surface area is 183 Å². The Balaban J connectivity index is 3.09. The molecular formula is C23H45NO6. The molecule has 0 saturated carbocycles. The van der Waals surface area contributed by atoms with Crippen molar-refractivity contribution >= 4 is 11.9 Å². The maximum Gasteiger partial charge on any atom is 0.329 e. The largest absolute Gasteiger partial charge is 0.480 e. The van der Waals surface area contributed by atoms with Gasteiger partial charge in [-0.25, -0.2) is 4.79 Å². The van der Waals surface area contributed by atoms with E-state index in [0.717, 1.165) is 13.0 Å². The normalized spacial score (nSPS) is 11.0. The molecule has 0 atom stereocenters. The van der Waals surface area contributed by atoms with Gasteiger partial charge in [-0.1, -0.05) is 84.0 Å². The minimum absolute atomic E-state index is 0.255. The molecule has 0 spiro atoms. The second-order valence-electron chi connectivity index (χ2n) is 7.70. The summed E-state index contributed by atoms with van der Waals surface area (Å²) in [5.74, 6) is -1.44. The first-order chi connectivity index (χ1) is 14.7. The molecule has 0 rings (SSSR count). The van der Waals surface area contributed by atoms with Crippen LogP contribution in [0.1, 0.15) is 90.4 Å². The fourth-order valence-corrected chi connectivity index (χ4v) is 3.09. The first kappa shape index (κ1) is 28.8. The number of nitrogens with one attached hydrogen (secondary N) is 1. The number of amides is 1. The topological polar surface area (TPSA) is 94.1 Å². The third kappa shape index (κ3) is 24.9. The predicted octanol–water partition coefficient (Wildman–Crippen LogP) is 4.33. The van der Waals surface area contributed by atoms with Gasteiger partial charge in [-0.15, -0.1) is 0 Å². The van der Waals surface area contributed by atoms with Crippen LogP contribution in [0, 0.1) is 0 Å². The molecule has 0 saturated heterocycles. The number of carbonyl (C=O) groups is 2. The number of rotatable bonds is 24. The highest BCUT2D eigenvalue weighted by Gasteiger charge is 2.03. The van der Waals surface area contributed by atoms with E-state index in [0.29, 0.717) is 26.4 Å². The molecule has 0 radical (unpaired) electrons. The summed E-state index contributed by atoms with van der Waals surface area (Å²) in [7, 11) is 0. The molecule has 0 aromatic rings. The molecule has 0 fully saturated rings. The van der Waals surface area contributed by atoms with Gasteiger partial charge in [-0.2, -0.15) is 0 Å². The Morgan fingerprint density at radius 1 is 0.633 bits per heavy atom. The van der Waals surface area contributed by atoms with Gasteiger partial charge < -0.3 is 24.6 Å². The van der Waals surface area contributed by atoms with Gasteiger partial charge in [0.2, 0.25) is 5.91 Å². The van der Waals surface area contributed by atoms with Crippen molar-refractivity contribution in [3.05, 3.63) is 0 Å². The highest BCUT2D eigenvalue weighted by Crippen LogP contribution is 2.12. The van der Waals surface area contributed by atoms with Crippen molar-refractivity contribution < 1.29 is 28.9 Å². The number of carboxylic acids is 1. The van der Waals surface area contributed by atoms with Crippen LogP contribution in [-0.2, 0) is 23.8 Å². The number of aliphatic carboxylic acids is 1. The van der Waals surface area contributed by atoms with E-state index in [1.165, 1.54) is 77.0 Å². The lowest BCUT2D eigenvalue weighted by Crippen LogP contribution is -2.31. The molecule has 0 bridgehead atoms. The summed E-state index contributed by atoms with van der Waals surface area (Å²) in [5.41, 5.74) is 0. The van der Waals surface area contributed by atoms with Crippen LogP contribution in [0.2, 0.25) is 0 Å². The average molecular weight is 432 g/mol. The third-order valence-electron chi connectivity index (χ3n) is 4.79. The molecule has 7 nitrogen and oxygen atoms in total.